The van der Waals surface area contributed by atoms with Gasteiger partial charge in [-0.15, -0.1) is 0 Å². The zero-order valence-electron chi connectivity index (χ0n) is 11.2. The Bertz CT molecular complexity index is 440. The molecule has 1 saturated heterocycles. The first-order chi connectivity index (χ1) is 9.62. The van der Waals surface area contributed by atoms with Crippen LogP contribution in [0.2, 0.25) is 0 Å². The summed E-state index contributed by atoms with van der Waals surface area (Å²) >= 11 is 0. The number of alkyl carbamates (subject to hydrolysis) is 1. The van der Waals surface area contributed by atoms with Gasteiger partial charge in [-0.3, -0.25) is 19.8 Å². The molecule has 0 radical (unpaired) electrons. The van der Waals surface area contributed by atoms with E-state index in [-0.39, 0.29) is 13.2 Å². The quantitative estimate of drug-likeness (QED) is 0.789. The highest BCUT2D eigenvalue weighted by atomic mass is 19.4. The van der Waals surface area contributed by atoms with E-state index in [0.717, 1.165) is 4.90 Å². The molecular formula is C11H15F3N2O5. The molecule has 1 fully saturated rings. The Kier molecular flexibility index (Phi) is 5.15. The van der Waals surface area contributed by atoms with E-state index >= 15 is 0 Å². The van der Waals surface area contributed by atoms with Crippen molar-refractivity contribution >= 4 is 18.0 Å². The van der Waals surface area contributed by atoms with Gasteiger partial charge in [-0.1, -0.05) is 0 Å². The van der Waals surface area contributed by atoms with Crippen LogP contribution in [0.1, 0.15) is 13.3 Å². The van der Waals surface area contributed by atoms with Crippen LogP contribution >= 0.6 is 0 Å². The van der Waals surface area contributed by atoms with Crippen LogP contribution in [0.4, 0.5) is 18.0 Å². The number of aliphatic carboxylic acids is 1. The van der Waals surface area contributed by atoms with E-state index < -0.39 is 49.1 Å². The molecule has 0 saturated carbocycles. The normalized spacial score (nSPS) is 22.9. The van der Waals surface area contributed by atoms with Gasteiger partial charge in [-0.2, -0.15) is 13.2 Å². The second-order valence-corrected chi connectivity index (χ2v) is 4.61. The van der Waals surface area contributed by atoms with Crippen molar-refractivity contribution in [3.8, 4) is 0 Å². The van der Waals surface area contributed by atoms with Crippen LogP contribution in [0.15, 0.2) is 0 Å². The van der Waals surface area contributed by atoms with Crippen molar-refractivity contribution in [1.82, 2.24) is 10.2 Å². The molecule has 21 heavy (non-hydrogen) atoms. The number of nitrogens with zero attached hydrogens (tertiary/aromatic N) is 1. The number of ether oxygens (including phenoxy) is 1. The lowest BCUT2D eigenvalue weighted by Crippen LogP contribution is -2.48. The molecule has 7 nitrogen and oxygen atoms in total. The Labute approximate surface area is 118 Å². The molecule has 0 aromatic rings. The molecule has 1 heterocycles. The summed E-state index contributed by atoms with van der Waals surface area (Å²) in [5, 5.41) is 10.7. The van der Waals surface area contributed by atoms with Gasteiger partial charge in [-0.05, 0) is 13.3 Å². The van der Waals surface area contributed by atoms with Gasteiger partial charge in [0.2, 0.25) is 5.91 Å². The molecule has 0 bridgehead atoms. The number of imide groups is 1. The Morgan fingerprint density at radius 3 is 2.43 bits per heavy atom. The Hall–Kier alpha value is -1.84. The summed E-state index contributed by atoms with van der Waals surface area (Å²) in [5.41, 5.74) is -2.88. The Morgan fingerprint density at radius 2 is 2.00 bits per heavy atom. The number of carboxylic acids is 1. The van der Waals surface area contributed by atoms with E-state index in [1.807, 2.05) is 5.32 Å². The van der Waals surface area contributed by atoms with Crippen molar-refractivity contribution in [2.24, 2.45) is 5.41 Å². The first-order valence-electron chi connectivity index (χ1n) is 6.11. The molecule has 0 spiro atoms. The summed E-state index contributed by atoms with van der Waals surface area (Å²) in [6, 6.07) is 0. The second-order valence-electron chi connectivity index (χ2n) is 4.61. The smallest absolute Gasteiger partial charge is 0.413 e. The van der Waals surface area contributed by atoms with Crippen molar-refractivity contribution in [3.05, 3.63) is 0 Å². The van der Waals surface area contributed by atoms with Gasteiger partial charge in [0.05, 0.1) is 13.2 Å². The molecule has 1 aliphatic rings. The highest BCUT2D eigenvalue weighted by Gasteiger charge is 2.63. The average molecular weight is 312 g/mol. The third-order valence-electron chi connectivity index (χ3n) is 3.18. The minimum absolute atomic E-state index is 0.0407. The van der Waals surface area contributed by atoms with Gasteiger partial charge >= 0.3 is 18.2 Å². The summed E-state index contributed by atoms with van der Waals surface area (Å²) in [5.74, 6) is -2.82. The van der Waals surface area contributed by atoms with Crippen molar-refractivity contribution in [2.75, 3.05) is 26.2 Å². The number of carbonyl (C=O) groups excluding carboxylic acids is 2. The highest BCUT2D eigenvalue weighted by molar-refractivity contribution is 5.92. The van der Waals surface area contributed by atoms with Crippen LogP contribution in [0.3, 0.4) is 0 Å². The number of halogens is 3. The van der Waals surface area contributed by atoms with Gasteiger partial charge in [-0.25, -0.2) is 4.79 Å². The zero-order valence-corrected chi connectivity index (χ0v) is 11.2. The lowest BCUT2D eigenvalue weighted by molar-refractivity contribution is -0.227. The molecule has 0 aromatic carbocycles. The standard InChI is InChI=1S/C11H15F3N2O5/c1-2-21-9(20)15-7(17)5-16-4-3-10(6-16,8(18)19)11(12,13)14/h2-6H2,1H3,(H,18,19)(H,15,17,20). The van der Waals surface area contributed by atoms with E-state index in [2.05, 4.69) is 4.74 Å². The predicted molar refractivity (Wildman–Crippen MR) is 62.3 cm³/mol. The summed E-state index contributed by atoms with van der Waals surface area (Å²) in [6.45, 7) is 0.0160. The van der Waals surface area contributed by atoms with Crippen LogP contribution < -0.4 is 5.32 Å². The number of hydrogen-bond donors (Lipinski definition) is 2. The minimum atomic E-state index is -4.91. The zero-order chi connectivity index (χ0) is 16.3. The van der Waals surface area contributed by atoms with E-state index in [0.29, 0.717) is 0 Å². The number of rotatable bonds is 4. The van der Waals surface area contributed by atoms with Gasteiger partial charge in [0.1, 0.15) is 0 Å². The molecular weight excluding hydrogens is 297 g/mol. The van der Waals surface area contributed by atoms with E-state index in [9.17, 15) is 27.6 Å². The number of carbonyl (C=O) groups is 3. The lowest BCUT2D eigenvalue weighted by Gasteiger charge is -2.27. The molecule has 0 aliphatic carbocycles. The fourth-order valence-electron chi connectivity index (χ4n) is 2.07. The van der Waals surface area contributed by atoms with Gasteiger partial charge in [0.25, 0.3) is 0 Å². The van der Waals surface area contributed by atoms with Crippen LogP contribution in [0.25, 0.3) is 0 Å². The van der Waals surface area contributed by atoms with Crippen molar-refractivity contribution < 1.29 is 37.4 Å². The topological polar surface area (TPSA) is 95.9 Å². The minimum Gasteiger partial charge on any atom is -0.481 e. The molecule has 1 atom stereocenters. The Morgan fingerprint density at radius 1 is 1.38 bits per heavy atom. The van der Waals surface area contributed by atoms with Crippen LogP contribution in [-0.2, 0) is 14.3 Å². The average Bonchev–Trinajstić information content (AvgIpc) is 2.73. The molecule has 1 aliphatic heterocycles. The highest BCUT2D eigenvalue weighted by Crippen LogP contribution is 2.45. The number of amides is 2. The van der Waals surface area contributed by atoms with Crippen LogP contribution in [0, 0.1) is 5.41 Å². The number of alkyl halides is 3. The number of nitrogens with one attached hydrogen (secondary N) is 1. The molecule has 0 aromatic heterocycles. The van der Waals surface area contributed by atoms with Gasteiger partial charge < -0.3 is 9.84 Å². The summed E-state index contributed by atoms with van der Waals surface area (Å²) < 4.78 is 43.2. The SMILES string of the molecule is CCOC(=O)NC(=O)CN1CCC(C(=O)O)(C(F)(F)F)C1. The Balaban J connectivity index is 2.63. The van der Waals surface area contributed by atoms with Crippen molar-refractivity contribution in [1.29, 1.82) is 0 Å². The maximum atomic E-state index is 12.9. The molecule has 1 unspecified atom stereocenters. The molecule has 2 N–H and O–H groups in total. The number of likely N-dealkylation sites (tertiary alicyclic amines) is 1. The van der Waals surface area contributed by atoms with Gasteiger partial charge in [0.15, 0.2) is 5.41 Å². The summed E-state index contributed by atoms with van der Waals surface area (Å²) in [4.78, 5) is 34.4. The van der Waals surface area contributed by atoms with Crippen molar-refractivity contribution in [3.63, 3.8) is 0 Å². The third kappa shape index (κ3) is 3.84. The number of hydrogen-bond acceptors (Lipinski definition) is 5. The van der Waals surface area contributed by atoms with Gasteiger partial charge in [0, 0.05) is 13.1 Å². The van der Waals surface area contributed by atoms with E-state index in [4.69, 9.17) is 5.11 Å². The van der Waals surface area contributed by atoms with Crippen LogP contribution in [-0.4, -0.2) is 60.4 Å². The van der Waals surface area contributed by atoms with Crippen LogP contribution in [0.5, 0.6) is 0 Å². The molecule has 10 heteroatoms. The maximum Gasteiger partial charge on any atom is 0.413 e. The largest absolute Gasteiger partial charge is 0.481 e. The predicted octanol–water partition coefficient (Wildman–Crippen LogP) is 0.598. The summed E-state index contributed by atoms with van der Waals surface area (Å²) in [7, 11) is 0. The monoisotopic (exact) mass is 312 g/mol. The summed E-state index contributed by atoms with van der Waals surface area (Å²) in [6.07, 6.45) is -6.55. The van der Waals surface area contributed by atoms with Crippen molar-refractivity contribution in [2.45, 2.75) is 19.5 Å². The second kappa shape index (κ2) is 6.29. The fraction of sp³-hybridized carbons (Fsp3) is 0.727. The maximum absolute atomic E-state index is 12.9. The molecule has 2 amide bonds. The number of carboxylic acid groups (broad SMARTS) is 1. The lowest BCUT2D eigenvalue weighted by atomic mass is 9.86. The fourth-order valence-corrected chi connectivity index (χ4v) is 2.07. The van der Waals surface area contributed by atoms with E-state index in [1.54, 1.807) is 0 Å². The first-order valence-corrected chi connectivity index (χ1v) is 6.11. The molecule has 1 rings (SSSR count). The third-order valence-corrected chi connectivity index (χ3v) is 3.18. The van der Waals surface area contributed by atoms with E-state index in [1.165, 1.54) is 6.92 Å². The molecule has 120 valence electrons. The first kappa shape index (κ1) is 17.2.